The Morgan fingerprint density at radius 2 is 1.94 bits per heavy atom. The molecule has 0 spiro atoms. The lowest BCUT2D eigenvalue weighted by Gasteiger charge is -2.29. The molecule has 2 aromatic rings. The van der Waals surface area contributed by atoms with Crippen molar-refractivity contribution in [3.63, 3.8) is 0 Å². The normalized spacial score (nSPS) is 17.6. The Labute approximate surface area is 205 Å². The highest BCUT2D eigenvalue weighted by atomic mass is 19.3. The van der Waals surface area contributed by atoms with Crippen LogP contribution in [0.1, 0.15) is 39.9 Å². The number of hydrogen-bond acceptors (Lipinski definition) is 6. The minimum atomic E-state index is -3.85. The van der Waals surface area contributed by atoms with Gasteiger partial charge in [0.1, 0.15) is 18.4 Å². The fourth-order valence-electron chi connectivity index (χ4n) is 4.24. The fraction of sp³-hybridized carbons (Fsp3) is 0.360. The quantitative estimate of drug-likeness (QED) is 0.401. The number of alkyl halides is 2. The Kier molecular flexibility index (Phi) is 7.30. The maximum Gasteiger partial charge on any atom is 0.353 e. The summed E-state index contributed by atoms with van der Waals surface area (Å²) in [4.78, 5) is 50.2. The van der Waals surface area contributed by atoms with Gasteiger partial charge in [0.05, 0.1) is 12.2 Å². The van der Waals surface area contributed by atoms with Gasteiger partial charge in [-0.1, -0.05) is 24.3 Å². The van der Waals surface area contributed by atoms with Crippen molar-refractivity contribution in [3.05, 3.63) is 64.7 Å². The van der Waals surface area contributed by atoms with Crippen molar-refractivity contribution in [3.8, 4) is 5.75 Å². The van der Waals surface area contributed by atoms with Crippen LogP contribution in [-0.2, 0) is 38.1 Å². The Balaban J connectivity index is 1.42. The predicted molar refractivity (Wildman–Crippen MR) is 122 cm³/mol. The maximum absolute atomic E-state index is 15.0. The lowest BCUT2D eigenvalue weighted by Crippen LogP contribution is -2.52. The molecule has 4 amide bonds. The fourth-order valence-corrected chi connectivity index (χ4v) is 4.24. The van der Waals surface area contributed by atoms with Crippen LogP contribution in [0, 0.1) is 0 Å². The van der Waals surface area contributed by atoms with Crippen LogP contribution in [0.4, 0.5) is 8.78 Å². The average Bonchev–Trinajstić information content (AvgIpc) is 3.18. The van der Waals surface area contributed by atoms with Gasteiger partial charge in [-0.25, -0.2) is 0 Å². The number of carbonyl (C=O) groups excluding carboxylic acids is 4. The van der Waals surface area contributed by atoms with Crippen LogP contribution in [0.15, 0.2) is 42.5 Å². The number of para-hydroxylation sites is 1. The first-order valence-corrected chi connectivity index (χ1v) is 11.4. The third-order valence-electron chi connectivity index (χ3n) is 6.10. The molecule has 0 saturated carbocycles. The summed E-state index contributed by atoms with van der Waals surface area (Å²) in [5.74, 6) is -6.69. The van der Waals surface area contributed by atoms with Crippen molar-refractivity contribution >= 4 is 23.6 Å². The van der Waals surface area contributed by atoms with Crippen molar-refractivity contribution in [2.45, 2.75) is 37.9 Å². The van der Waals surface area contributed by atoms with Gasteiger partial charge in [-0.05, 0) is 35.7 Å². The first kappa shape index (κ1) is 25.2. The van der Waals surface area contributed by atoms with E-state index in [9.17, 15) is 28.0 Å². The standard InChI is InChI=1S/C25H25F2N3O6/c1-35-10-11-36-20-5-3-2-4-18(20)25(26,27)24(34)28-13-15-6-7-17-16(12-15)14-30(23(17)33)19-8-9-21(31)29-22(19)32/h2-7,12,19H,8-11,13-14H2,1H3,(H,28,34)(H,29,31,32)/t19-/m1/s1. The Morgan fingerprint density at radius 3 is 2.69 bits per heavy atom. The lowest BCUT2D eigenvalue weighted by molar-refractivity contribution is -0.147. The van der Waals surface area contributed by atoms with Crippen LogP contribution < -0.4 is 15.4 Å². The lowest BCUT2D eigenvalue weighted by atomic mass is 10.0. The molecule has 0 aromatic heterocycles. The van der Waals surface area contributed by atoms with Crippen molar-refractivity contribution in [2.24, 2.45) is 0 Å². The number of halogens is 2. The number of methoxy groups -OCH3 is 1. The van der Waals surface area contributed by atoms with Crippen molar-refractivity contribution < 1.29 is 37.4 Å². The van der Waals surface area contributed by atoms with Crippen LogP contribution >= 0.6 is 0 Å². The summed E-state index contributed by atoms with van der Waals surface area (Å²) >= 11 is 0. The van der Waals surface area contributed by atoms with E-state index in [1.807, 2.05) is 0 Å². The van der Waals surface area contributed by atoms with Gasteiger partial charge >= 0.3 is 5.92 Å². The molecule has 0 aliphatic carbocycles. The molecule has 0 radical (unpaired) electrons. The van der Waals surface area contributed by atoms with Crippen LogP contribution in [0.25, 0.3) is 0 Å². The first-order valence-electron chi connectivity index (χ1n) is 11.4. The van der Waals surface area contributed by atoms with E-state index in [4.69, 9.17) is 9.47 Å². The summed E-state index contributed by atoms with van der Waals surface area (Å²) in [7, 11) is 1.46. The predicted octanol–water partition coefficient (Wildman–Crippen LogP) is 1.88. The average molecular weight is 501 g/mol. The number of ether oxygens (including phenoxy) is 2. The molecular formula is C25H25F2N3O6. The SMILES string of the molecule is COCCOc1ccccc1C(F)(F)C(=O)NCc1ccc2c(c1)CN([C@@H]1CCC(=O)NC1=O)C2=O. The molecule has 1 saturated heterocycles. The largest absolute Gasteiger partial charge is 0.491 e. The molecule has 2 aliphatic rings. The zero-order valence-electron chi connectivity index (χ0n) is 19.5. The molecule has 2 aliphatic heterocycles. The summed E-state index contributed by atoms with van der Waals surface area (Å²) in [5, 5.41) is 4.49. The molecule has 4 rings (SSSR count). The zero-order chi connectivity index (χ0) is 25.9. The van der Waals surface area contributed by atoms with Crippen LogP contribution in [0.5, 0.6) is 5.75 Å². The van der Waals surface area contributed by atoms with Gasteiger partial charge in [-0.15, -0.1) is 0 Å². The molecule has 11 heteroatoms. The van der Waals surface area contributed by atoms with Gasteiger partial charge in [0, 0.05) is 32.2 Å². The number of imide groups is 1. The molecule has 0 bridgehead atoms. The first-order chi connectivity index (χ1) is 17.2. The van der Waals surface area contributed by atoms with Crippen LogP contribution in [-0.4, -0.2) is 54.9 Å². The van der Waals surface area contributed by atoms with E-state index in [0.717, 1.165) is 6.07 Å². The molecule has 2 N–H and O–H groups in total. The van der Waals surface area contributed by atoms with Gasteiger partial charge in [0.15, 0.2) is 0 Å². The van der Waals surface area contributed by atoms with E-state index in [0.29, 0.717) is 16.7 Å². The second-order valence-corrected chi connectivity index (χ2v) is 8.49. The summed E-state index contributed by atoms with van der Waals surface area (Å²) < 4.78 is 40.2. The number of hydrogen-bond donors (Lipinski definition) is 2. The van der Waals surface area contributed by atoms with E-state index >= 15 is 0 Å². The number of benzene rings is 2. The molecule has 190 valence electrons. The Morgan fingerprint density at radius 1 is 1.17 bits per heavy atom. The van der Waals surface area contributed by atoms with Crippen molar-refractivity contribution in [1.82, 2.24) is 15.5 Å². The number of rotatable bonds is 9. The minimum absolute atomic E-state index is 0.0505. The number of nitrogens with one attached hydrogen (secondary N) is 2. The second-order valence-electron chi connectivity index (χ2n) is 8.49. The smallest absolute Gasteiger partial charge is 0.353 e. The second kappa shape index (κ2) is 10.4. The maximum atomic E-state index is 15.0. The number of amides is 4. The summed E-state index contributed by atoms with van der Waals surface area (Å²) in [5.41, 5.74) is 0.959. The highest BCUT2D eigenvalue weighted by Crippen LogP contribution is 2.35. The van der Waals surface area contributed by atoms with Gasteiger partial charge in [0.2, 0.25) is 11.8 Å². The van der Waals surface area contributed by atoms with Crippen LogP contribution in [0.3, 0.4) is 0 Å². The minimum Gasteiger partial charge on any atom is -0.491 e. The number of nitrogens with zero attached hydrogens (tertiary/aromatic N) is 1. The zero-order valence-corrected chi connectivity index (χ0v) is 19.5. The van der Waals surface area contributed by atoms with E-state index in [2.05, 4.69) is 10.6 Å². The van der Waals surface area contributed by atoms with E-state index in [-0.39, 0.29) is 56.7 Å². The Bertz CT molecular complexity index is 1200. The third-order valence-corrected chi connectivity index (χ3v) is 6.10. The monoisotopic (exact) mass is 501 g/mol. The van der Waals surface area contributed by atoms with E-state index in [1.54, 1.807) is 18.2 Å². The van der Waals surface area contributed by atoms with Crippen LogP contribution in [0.2, 0.25) is 0 Å². The Hall–Kier alpha value is -3.86. The van der Waals surface area contributed by atoms with E-state index in [1.165, 1.54) is 30.2 Å². The molecule has 2 heterocycles. The molecule has 0 unspecified atom stereocenters. The number of piperidine rings is 1. The molecule has 2 aromatic carbocycles. The van der Waals surface area contributed by atoms with Gasteiger partial charge in [-0.3, -0.25) is 24.5 Å². The highest BCUT2D eigenvalue weighted by Gasteiger charge is 2.43. The van der Waals surface area contributed by atoms with Crippen molar-refractivity contribution in [2.75, 3.05) is 20.3 Å². The highest BCUT2D eigenvalue weighted by molar-refractivity contribution is 6.05. The van der Waals surface area contributed by atoms with Gasteiger partial charge < -0.3 is 19.7 Å². The van der Waals surface area contributed by atoms with Gasteiger partial charge in [-0.2, -0.15) is 8.78 Å². The molecule has 9 nitrogen and oxygen atoms in total. The third kappa shape index (κ3) is 5.06. The molecule has 36 heavy (non-hydrogen) atoms. The molecule has 1 atom stereocenters. The summed E-state index contributed by atoms with van der Waals surface area (Å²) in [6, 6.07) is 9.40. The summed E-state index contributed by atoms with van der Waals surface area (Å²) in [6.45, 7) is 0.203. The van der Waals surface area contributed by atoms with E-state index < -0.39 is 29.3 Å². The topological polar surface area (TPSA) is 114 Å². The molecular weight excluding hydrogens is 476 g/mol. The number of fused-ring (bicyclic) bond motifs is 1. The number of carbonyl (C=O) groups is 4. The molecule has 1 fully saturated rings. The van der Waals surface area contributed by atoms with Gasteiger partial charge in [0.25, 0.3) is 11.8 Å². The van der Waals surface area contributed by atoms with Crippen molar-refractivity contribution in [1.29, 1.82) is 0 Å². The summed E-state index contributed by atoms with van der Waals surface area (Å²) in [6.07, 6.45) is 0.377.